The van der Waals surface area contributed by atoms with Gasteiger partial charge in [0.1, 0.15) is 0 Å². The molecule has 2 N–H and O–H groups in total. The van der Waals surface area contributed by atoms with E-state index in [2.05, 4.69) is 30.4 Å². The Hall–Kier alpha value is -0.470. The second-order valence-electron chi connectivity index (χ2n) is 2.65. The van der Waals surface area contributed by atoms with Crippen LogP contribution in [0.4, 0.5) is 0 Å². The van der Waals surface area contributed by atoms with E-state index in [9.17, 15) is 0 Å². The highest BCUT2D eigenvalue weighted by atomic mass is 32.2. The van der Waals surface area contributed by atoms with E-state index in [-0.39, 0.29) is 0 Å². The lowest BCUT2D eigenvalue weighted by Gasteiger charge is -1.99. The molecule has 0 radical (unpaired) electrons. The molecule has 0 atom stereocenters. The van der Waals surface area contributed by atoms with Gasteiger partial charge in [0, 0.05) is 18.1 Å². The van der Waals surface area contributed by atoms with Crippen LogP contribution in [0.3, 0.4) is 0 Å². The third kappa shape index (κ3) is 3.79. The Morgan fingerprint density at radius 3 is 3.17 bits per heavy atom. The summed E-state index contributed by atoms with van der Waals surface area (Å²) in [6.07, 6.45) is 11.9. The molecular formula is C10H15NS. The SMILES string of the molecule is NCCSCC1=CC=CCC=C1. The minimum absolute atomic E-state index is 0.775. The number of nitrogens with two attached hydrogens (primary N) is 1. The third-order valence-electron chi connectivity index (χ3n) is 1.58. The number of thioether (sulfide) groups is 1. The van der Waals surface area contributed by atoms with Gasteiger partial charge in [-0.3, -0.25) is 0 Å². The van der Waals surface area contributed by atoms with Crippen molar-refractivity contribution >= 4 is 11.8 Å². The smallest absolute Gasteiger partial charge is 0.0184 e. The van der Waals surface area contributed by atoms with Gasteiger partial charge in [-0.1, -0.05) is 30.4 Å². The average molecular weight is 181 g/mol. The molecule has 0 saturated heterocycles. The normalized spacial score (nSPS) is 15.9. The number of hydrogen-bond acceptors (Lipinski definition) is 2. The Kier molecular flexibility index (Phi) is 4.88. The zero-order chi connectivity index (χ0) is 8.65. The van der Waals surface area contributed by atoms with Crippen LogP contribution in [0, 0.1) is 0 Å². The van der Waals surface area contributed by atoms with E-state index in [0.29, 0.717) is 0 Å². The third-order valence-corrected chi connectivity index (χ3v) is 2.64. The Labute approximate surface area is 78.4 Å². The fourth-order valence-corrected chi connectivity index (χ4v) is 1.73. The topological polar surface area (TPSA) is 26.0 Å². The molecule has 1 nitrogen and oxygen atoms in total. The predicted octanol–water partition coefficient (Wildman–Crippen LogP) is 2.12. The Bertz CT molecular complexity index is 204. The second kappa shape index (κ2) is 6.09. The quantitative estimate of drug-likeness (QED) is 0.672. The molecule has 0 saturated carbocycles. The summed E-state index contributed by atoms with van der Waals surface area (Å²) in [5, 5.41) is 0. The van der Waals surface area contributed by atoms with Gasteiger partial charge in [0.25, 0.3) is 0 Å². The summed E-state index contributed by atoms with van der Waals surface area (Å²) < 4.78 is 0. The molecule has 0 aromatic rings. The first kappa shape index (κ1) is 9.62. The highest BCUT2D eigenvalue weighted by Crippen LogP contribution is 2.11. The average Bonchev–Trinajstić information content (AvgIpc) is 2.33. The molecule has 66 valence electrons. The van der Waals surface area contributed by atoms with Crippen LogP contribution in [-0.4, -0.2) is 18.1 Å². The van der Waals surface area contributed by atoms with Gasteiger partial charge in [-0.25, -0.2) is 0 Å². The summed E-state index contributed by atoms with van der Waals surface area (Å²) in [7, 11) is 0. The molecule has 0 spiro atoms. The summed E-state index contributed by atoms with van der Waals surface area (Å²) in [6.45, 7) is 0.775. The number of rotatable bonds is 4. The molecule has 0 bridgehead atoms. The summed E-state index contributed by atoms with van der Waals surface area (Å²) >= 11 is 1.89. The summed E-state index contributed by atoms with van der Waals surface area (Å²) in [6, 6.07) is 0. The number of allylic oxidation sites excluding steroid dienone is 5. The van der Waals surface area contributed by atoms with Gasteiger partial charge in [0.2, 0.25) is 0 Å². The van der Waals surface area contributed by atoms with Gasteiger partial charge in [-0.05, 0) is 12.0 Å². The van der Waals surface area contributed by atoms with Crippen molar-refractivity contribution in [2.24, 2.45) is 5.73 Å². The molecule has 0 aliphatic heterocycles. The molecule has 12 heavy (non-hydrogen) atoms. The van der Waals surface area contributed by atoms with Crippen molar-refractivity contribution in [3.05, 3.63) is 36.0 Å². The van der Waals surface area contributed by atoms with Gasteiger partial charge < -0.3 is 5.73 Å². The molecule has 0 amide bonds. The first-order valence-corrected chi connectivity index (χ1v) is 5.39. The maximum absolute atomic E-state index is 5.40. The maximum Gasteiger partial charge on any atom is 0.0184 e. The van der Waals surface area contributed by atoms with Gasteiger partial charge in [-0.2, -0.15) is 11.8 Å². The summed E-state index contributed by atoms with van der Waals surface area (Å²) in [5.74, 6) is 2.13. The fourth-order valence-electron chi connectivity index (χ4n) is 0.993. The first-order chi connectivity index (χ1) is 5.93. The minimum Gasteiger partial charge on any atom is -0.330 e. The van der Waals surface area contributed by atoms with Crippen LogP contribution in [0.5, 0.6) is 0 Å². The molecule has 1 rings (SSSR count). The fraction of sp³-hybridized carbons (Fsp3) is 0.400. The first-order valence-electron chi connectivity index (χ1n) is 4.23. The molecule has 2 heteroatoms. The van der Waals surface area contributed by atoms with Crippen LogP contribution >= 0.6 is 11.8 Å². The summed E-state index contributed by atoms with van der Waals surface area (Å²) in [4.78, 5) is 0. The van der Waals surface area contributed by atoms with Gasteiger partial charge in [0.05, 0.1) is 0 Å². The van der Waals surface area contributed by atoms with Crippen LogP contribution in [0.2, 0.25) is 0 Å². The standard InChI is InChI=1S/C10H15NS/c11-7-8-12-9-10-5-3-1-2-4-6-10/h1,3-6H,2,7-9,11H2. The lowest BCUT2D eigenvalue weighted by Crippen LogP contribution is -2.02. The zero-order valence-corrected chi connectivity index (χ0v) is 8.02. The van der Waals surface area contributed by atoms with Crippen LogP contribution in [0.1, 0.15) is 6.42 Å². The molecule has 0 unspecified atom stereocenters. The predicted molar refractivity (Wildman–Crippen MR) is 57.4 cm³/mol. The van der Waals surface area contributed by atoms with Crippen LogP contribution < -0.4 is 5.73 Å². The van der Waals surface area contributed by atoms with Gasteiger partial charge in [0.15, 0.2) is 0 Å². The molecule has 1 aliphatic rings. The Balaban J connectivity index is 2.30. The van der Waals surface area contributed by atoms with Crippen LogP contribution in [0.25, 0.3) is 0 Å². The van der Waals surface area contributed by atoms with Crippen molar-refractivity contribution < 1.29 is 0 Å². The van der Waals surface area contributed by atoms with Crippen molar-refractivity contribution in [2.75, 3.05) is 18.1 Å². The van der Waals surface area contributed by atoms with Gasteiger partial charge >= 0.3 is 0 Å². The Morgan fingerprint density at radius 1 is 1.42 bits per heavy atom. The maximum atomic E-state index is 5.40. The summed E-state index contributed by atoms with van der Waals surface area (Å²) in [5.41, 5.74) is 6.79. The van der Waals surface area contributed by atoms with E-state index in [1.807, 2.05) is 11.8 Å². The zero-order valence-electron chi connectivity index (χ0n) is 7.20. The van der Waals surface area contributed by atoms with Crippen molar-refractivity contribution in [1.82, 2.24) is 0 Å². The van der Waals surface area contributed by atoms with Crippen LogP contribution in [-0.2, 0) is 0 Å². The van der Waals surface area contributed by atoms with Crippen molar-refractivity contribution in [3.63, 3.8) is 0 Å². The van der Waals surface area contributed by atoms with Crippen molar-refractivity contribution in [1.29, 1.82) is 0 Å². The largest absolute Gasteiger partial charge is 0.330 e. The number of hydrogen-bond donors (Lipinski definition) is 1. The van der Waals surface area contributed by atoms with E-state index >= 15 is 0 Å². The van der Waals surface area contributed by atoms with E-state index in [4.69, 9.17) is 5.73 Å². The Morgan fingerprint density at radius 2 is 2.33 bits per heavy atom. The molecule has 0 aromatic carbocycles. The molecular weight excluding hydrogens is 166 g/mol. The molecule has 0 fully saturated rings. The van der Waals surface area contributed by atoms with E-state index < -0.39 is 0 Å². The van der Waals surface area contributed by atoms with Crippen LogP contribution in [0.15, 0.2) is 36.0 Å². The molecule has 1 aliphatic carbocycles. The monoisotopic (exact) mass is 181 g/mol. The van der Waals surface area contributed by atoms with E-state index in [1.165, 1.54) is 5.57 Å². The van der Waals surface area contributed by atoms with Gasteiger partial charge in [-0.15, -0.1) is 0 Å². The van der Waals surface area contributed by atoms with Crippen molar-refractivity contribution in [3.8, 4) is 0 Å². The highest BCUT2D eigenvalue weighted by molar-refractivity contribution is 7.99. The highest BCUT2D eigenvalue weighted by Gasteiger charge is 1.93. The van der Waals surface area contributed by atoms with Crippen molar-refractivity contribution in [2.45, 2.75) is 6.42 Å². The molecule has 0 aromatic heterocycles. The lowest BCUT2D eigenvalue weighted by molar-refractivity contribution is 1.15. The van der Waals surface area contributed by atoms with E-state index in [0.717, 1.165) is 24.5 Å². The minimum atomic E-state index is 0.775. The molecule has 0 heterocycles. The lowest BCUT2D eigenvalue weighted by atomic mass is 10.3. The van der Waals surface area contributed by atoms with E-state index in [1.54, 1.807) is 0 Å². The second-order valence-corrected chi connectivity index (χ2v) is 3.75.